The highest BCUT2D eigenvalue weighted by Gasteiger charge is 2.42. The lowest BCUT2D eigenvalue weighted by atomic mass is 10.1. The van der Waals surface area contributed by atoms with Crippen molar-refractivity contribution in [1.82, 2.24) is 5.32 Å². The minimum Gasteiger partial charge on any atom is -0.480 e. The van der Waals surface area contributed by atoms with Gasteiger partial charge in [-0.3, -0.25) is 25.0 Å². The maximum Gasteiger partial charge on any atom is 0.348 e. The molecule has 0 aliphatic heterocycles. The van der Waals surface area contributed by atoms with Crippen LogP contribution in [0.15, 0.2) is 48.6 Å². The minimum absolute atomic E-state index is 0.0606. The first-order chi connectivity index (χ1) is 13.2. The molecule has 1 aliphatic carbocycles. The van der Waals surface area contributed by atoms with Crippen molar-refractivity contribution in [3.63, 3.8) is 0 Å². The fraction of sp³-hybridized carbons (Fsp3) is 0.294. The molecule has 2 rings (SSSR count). The lowest BCUT2D eigenvalue weighted by Gasteiger charge is -2.22. The Morgan fingerprint density at radius 2 is 1.89 bits per heavy atom. The first kappa shape index (κ1) is 20.7. The van der Waals surface area contributed by atoms with E-state index in [1.165, 1.54) is 42.5 Å². The summed E-state index contributed by atoms with van der Waals surface area (Å²) < 4.78 is 5.15. The van der Waals surface area contributed by atoms with Gasteiger partial charge in [-0.1, -0.05) is 30.4 Å². The van der Waals surface area contributed by atoms with Crippen LogP contribution in [0.2, 0.25) is 0 Å². The van der Waals surface area contributed by atoms with Crippen molar-refractivity contribution in [1.29, 1.82) is 0 Å². The summed E-state index contributed by atoms with van der Waals surface area (Å²) in [5.74, 6) is -2.16. The number of hydrogen-bond acceptors (Lipinski definition) is 7. The highest BCUT2D eigenvalue weighted by atomic mass is 16.7. The number of nitrogens with one attached hydrogen (secondary N) is 1. The number of benzene rings is 1. The number of carbonyl (C=O) groups is 2. The van der Waals surface area contributed by atoms with E-state index >= 15 is 0 Å². The number of non-ortho nitro benzene ring substituents is 1. The van der Waals surface area contributed by atoms with E-state index in [9.17, 15) is 34.9 Å². The zero-order valence-electron chi connectivity index (χ0n) is 14.5. The van der Waals surface area contributed by atoms with Gasteiger partial charge < -0.3 is 15.2 Å². The Balaban J connectivity index is 1.97. The van der Waals surface area contributed by atoms with Crippen molar-refractivity contribution in [3.8, 4) is 0 Å². The smallest absolute Gasteiger partial charge is 0.348 e. The molecule has 0 saturated carbocycles. The molecule has 0 saturated heterocycles. The molecule has 1 aromatic rings. The fourth-order valence-electron chi connectivity index (χ4n) is 2.50. The molecular weight excluding hydrogens is 374 g/mol. The van der Waals surface area contributed by atoms with Gasteiger partial charge in [0.15, 0.2) is 0 Å². The van der Waals surface area contributed by atoms with Crippen LogP contribution in [-0.2, 0) is 20.7 Å². The van der Waals surface area contributed by atoms with Gasteiger partial charge in [-0.15, -0.1) is 0 Å². The molecule has 0 bridgehead atoms. The number of nitro benzene ring substituents is 1. The number of carbonyl (C=O) groups excluding carboxylic acids is 1. The van der Waals surface area contributed by atoms with Gasteiger partial charge >= 0.3 is 11.7 Å². The van der Waals surface area contributed by atoms with Crippen LogP contribution in [0, 0.1) is 20.2 Å². The van der Waals surface area contributed by atoms with Crippen LogP contribution in [0.5, 0.6) is 0 Å². The van der Waals surface area contributed by atoms with E-state index in [0.717, 1.165) is 0 Å². The lowest BCUT2D eigenvalue weighted by molar-refractivity contribution is -0.611. The monoisotopic (exact) mass is 391 g/mol. The number of ether oxygens (including phenoxy) is 1. The van der Waals surface area contributed by atoms with E-state index < -0.39 is 40.1 Å². The number of rotatable bonds is 9. The molecule has 0 aromatic heterocycles. The molecule has 0 heterocycles. The van der Waals surface area contributed by atoms with Crippen molar-refractivity contribution in [2.45, 2.75) is 24.6 Å². The first-order valence-electron chi connectivity index (χ1n) is 8.12. The highest BCUT2D eigenvalue weighted by Crippen LogP contribution is 2.23. The van der Waals surface area contributed by atoms with Gasteiger partial charge in [0.2, 0.25) is 5.91 Å². The summed E-state index contributed by atoms with van der Waals surface area (Å²) in [4.78, 5) is 44.1. The van der Waals surface area contributed by atoms with Crippen molar-refractivity contribution < 1.29 is 29.3 Å². The van der Waals surface area contributed by atoms with E-state index in [2.05, 4.69) is 5.32 Å². The average molecular weight is 391 g/mol. The fourth-order valence-corrected chi connectivity index (χ4v) is 2.50. The molecule has 0 radical (unpaired) electrons. The number of amides is 1. The van der Waals surface area contributed by atoms with E-state index in [1.807, 2.05) is 0 Å². The van der Waals surface area contributed by atoms with E-state index in [-0.39, 0.29) is 18.5 Å². The summed E-state index contributed by atoms with van der Waals surface area (Å²) in [6, 6.07) is 3.90. The third kappa shape index (κ3) is 5.20. The summed E-state index contributed by atoms with van der Waals surface area (Å²) in [5, 5.41) is 33.4. The van der Waals surface area contributed by atoms with Crippen LogP contribution in [0.1, 0.15) is 12.0 Å². The summed E-state index contributed by atoms with van der Waals surface area (Å²) in [6.07, 6.45) is 5.59. The van der Waals surface area contributed by atoms with Gasteiger partial charge in [-0.2, -0.15) is 0 Å². The van der Waals surface area contributed by atoms with Gasteiger partial charge in [0.1, 0.15) is 12.6 Å². The number of carboxylic acid groups (broad SMARTS) is 1. The number of aliphatic carboxylic acids is 1. The predicted molar refractivity (Wildman–Crippen MR) is 94.9 cm³/mol. The molecule has 0 fully saturated rings. The van der Waals surface area contributed by atoms with E-state index in [0.29, 0.717) is 5.56 Å². The molecule has 11 nitrogen and oxygen atoms in total. The lowest BCUT2D eigenvalue weighted by Crippen LogP contribution is -2.47. The molecule has 1 amide bonds. The third-order valence-corrected chi connectivity index (χ3v) is 4.00. The normalized spacial score (nSPS) is 19.0. The van der Waals surface area contributed by atoms with Gasteiger partial charge in [-0.05, 0) is 5.56 Å². The van der Waals surface area contributed by atoms with Crippen LogP contribution in [0.3, 0.4) is 0 Å². The second-order valence-electron chi connectivity index (χ2n) is 5.97. The van der Waals surface area contributed by atoms with E-state index in [4.69, 9.17) is 4.74 Å². The Bertz CT molecular complexity index is 833. The first-order valence-corrected chi connectivity index (χ1v) is 8.12. The Morgan fingerprint density at radius 1 is 1.21 bits per heavy atom. The maximum atomic E-state index is 12.0. The Kier molecular flexibility index (Phi) is 6.55. The zero-order chi connectivity index (χ0) is 20.7. The minimum atomic E-state index is -1.87. The van der Waals surface area contributed by atoms with Gasteiger partial charge in [0.25, 0.3) is 5.69 Å². The topological polar surface area (TPSA) is 162 Å². The molecule has 2 atom stereocenters. The van der Waals surface area contributed by atoms with Gasteiger partial charge in [0, 0.05) is 24.6 Å². The second kappa shape index (κ2) is 8.86. The standard InChI is InChI=1S/C17H17N3O8/c21-15(11-28-17(20(26)27)8-2-1-3-9-17)18-14(16(22)23)10-12-4-6-13(7-5-12)19(24)25/h1-8,14H,9-11H2,(H,18,21)(H,22,23). The number of nitrogens with zero attached hydrogens (tertiary/aromatic N) is 2. The molecule has 11 heteroatoms. The van der Waals surface area contributed by atoms with Crippen molar-refractivity contribution in [2.24, 2.45) is 0 Å². The Labute approximate surface area is 158 Å². The third-order valence-electron chi connectivity index (χ3n) is 4.00. The molecule has 0 spiro atoms. The highest BCUT2D eigenvalue weighted by molar-refractivity contribution is 5.84. The van der Waals surface area contributed by atoms with Crippen LogP contribution in [-0.4, -0.2) is 45.2 Å². The van der Waals surface area contributed by atoms with Crippen LogP contribution in [0.25, 0.3) is 0 Å². The average Bonchev–Trinajstić information content (AvgIpc) is 2.66. The van der Waals surface area contributed by atoms with Crippen molar-refractivity contribution in [2.75, 3.05) is 6.61 Å². The van der Waals surface area contributed by atoms with Crippen molar-refractivity contribution >= 4 is 17.6 Å². The largest absolute Gasteiger partial charge is 0.480 e. The Morgan fingerprint density at radius 3 is 2.39 bits per heavy atom. The summed E-state index contributed by atoms with van der Waals surface area (Å²) in [5.41, 5.74) is -1.56. The zero-order valence-corrected chi connectivity index (χ0v) is 14.5. The van der Waals surface area contributed by atoms with Crippen LogP contribution >= 0.6 is 0 Å². The number of nitro groups is 2. The number of allylic oxidation sites excluding steroid dienone is 2. The van der Waals surface area contributed by atoms with Gasteiger partial charge in [-0.25, -0.2) is 4.79 Å². The molecular formula is C17H17N3O8. The molecule has 28 heavy (non-hydrogen) atoms. The second-order valence-corrected chi connectivity index (χ2v) is 5.97. The number of hydrogen-bond donors (Lipinski definition) is 2. The van der Waals surface area contributed by atoms with Crippen LogP contribution in [0.4, 0.5) is 5.69 Å². The number of carboxylic acids is 1. The molecule has 148 valence electrons. The molecule has 1 aromatic carbocycles. The van der Waals surface area contributed by atoms with Gasteiger partial charge in [0.05, 0.1) is 16.3 Å². The Hall–Kier alpha value is -3.60. The maximum absolute atomic E-state index is 12.0. The molecule has 2 unspecified atom stereocenters. The van der Waals surface area contributed by atoms with Crippen molar-refractivity contribution in [3.05, 3.63) is 74.4 Å². The molecule has 1 aliphatic rings. The van der Waals surface area contributed by atoms with E-state index in [1.54, 1.807) is 6.08 Å². The summed E-state index contributed by atoms with van der Waals surface area (Å²) in [7, 11) is 0. The quantitative estimate of drug-likeness (QED) is 0.360. The molecule has 2 N–H and O–H groups in total. The SMILES string of the molecule is O=C(COC1([N+](=O)[O-])C=CC=CC1)NC(Cc1ccc([N+](=O)[O-])cc1)C(=O)O. The summed E-state index contributed by atoms with van der Waals surface area (Å²) in [6.45, 7) is -0.705. The summed E-state index contributed by atoms with van der Waals surface area (Å²) >= 11 is 0. The van der Waals surface area contributed by atoms with Crippen LogP contribution < -0.4 is 5.32 Å². The predicted octanol–water partition coefficient (Wildman–Crippen LogP) is 1.21.